The standard InChI is InChI=1S/C16H26N2O/c1-4-17-14(13(2)3)12-18-10-7-11-19-16-9-6-5-8-15(16)18/h5-6,8-9,13-14,17H,4,7,10-12H2,1-3H3. The monoisotopic (exact) mass is 262 g/mol. The molecule has 1 heterocycles. The van der Waals surface area contributed by atoms with Crippen LogP contribution in [0.5, 0.6) is 5.75 Å². The van der Waals surface area contributed by atoms with Gasteiger partial charge in [0.1, 0.15) is 5.75 Å². The van der Waals surface area contributed by atoms with E-state index in [1.54, 1.807) is 0 Å². The Balaban J connectivity index is 2.14. The molecule has 0 fully saturated rings. The molecule has 0 spiro atoms. The van der Waals surface area contributed by atoms with Crippen molar-refractivity contribution >= 4 is 5.69 Å². The molecule has 1 aliphatic heterocycles. The van der Waals surface area contributed by atoms with Gasteiger partial charge in [0, 0.05) is 19.1 Å². The number of benzene rings is 1. The van der Waals surface area contributed by atoms with Gasteiger partial charge in [-0.3, -0.25) is 0 Å². The molecule has 19 heavy (non-hydrogen) atoms. The maximum atomic E-state index is 5.82. The first-order valence-electron chi connectivity index (χ1n) is 7.42. The maximum absolute atomic E-state index is 5.82. The smallest absolute Gasteiger partial charge is 0.142 e. The highest BCUT2D eigenvalue weighted by Crippen LogP contribution is 2.30. The fraction of sp³-hybridized carbons (Fsp3) is 0.625. The average molecular weight is 262 g/mol. The molecule has 3 nitrogen and oxygen atoms in total. The molecule has 0 radical (unpaired) electrons. The lowest BCUT2D eigenvalue weighted by molar-refractivity contribution is 0.322. The molecule has 1 aromatic rings. The number of hydrogen-bond donors (Lipinski definition) is 1. The number of nitrogens with one attached hydrogen (secondary N) is 1. The third-order valence-corrected chi connectivity index (χ3v) is 3.72. The van der Waals surface area contributed by atoms with E-state index in [0.717, 1.165) is 38.4 Å². The van der Waals surface area contributed by atoms with Gasteiger partial charge < -0.3 is 15.0 Å². The highest BCUT2D eigenvalue weighted by atomic mass is 16.5. The Labute approximate surface area is 116 Å². The van der Waals surface area contributed by atoms with E-state index in [1.165, 1.54) is 5.69 Å². The van der Waals surface area contributed by atoms with E-state index in [2.05, 4.69) is 49.2 Å². The van der Waals surface area contributed by atoms with Gasteiger partial charge >= 0.3 is 0 Å². The number of ether oxygens (including phenoxy) is 1. The van der Waals surface area contributed by atoms with Crippen LogP contribution in [0.3, 0.4) is 0 Å². The summed E-state index contributed by atoms with van der Waals surface area (Å²) in [6, 6.07) is 8.91. The first-order chi connectivity index (χ1) is 9.22. The molecule has 1 unspecified atom stereocenters. The van der Waals surface area contributed by atoms with Gasteiger partial charge in [0.05, 0.1) is 12.3 Å². The minimum atomic E-state index is 0.524. The number of likely N-dealkylation sites (N-methyl/N-ethyl adjacent to an activating group) is 1. The van der Waals surface area contributed by atoms with Crippen LogP contribution in [0.25, 0.3) is 0 Å². The second-order valence-corrected chi connectivity index (χ2v) is 5.52. The summed E-state index contributed by atoms with van der Waals surface area (Å²) in [4.78, 5) is 2.47. The van der Waals surface area contributed by atoms with Crippen molar-refractivity contribution in [1.82, 2.24) is 5.32 Å². The predicted molar refractivity (Wildman–Crippen MR) is 81.1 cm³/mol. The van der Waals surface area contributed by atoms with E-state index >= 15 is 0 Å². The number of hydrogen-bond acceptors (Lipinski definition) is 3. The Kier molecular flexibility index (Phi) is 5.08. The lowest BCUT2D eigenvalue weighted by atomic mass is 10.0. The van der Waals surface area contributed by atoms with Crippen LogP contribution in [0, 0.1) is 5.92 Å². The number of fused-ring (bicyclic) bond motifs is 1. The van der Waals surface area contributed by atoms with E-state index in [-0.39, 0.29) is 0 Å². The molecular weight excluding hydrogens is 236 g/mol. The number of rotatable bonds is 5. The fourth-order valence-corrected chi connectivity index (χ4v) is 2.60. The summed E-state index contributed by atoms with van der Waals surface area (Å²) < 4.78 is 5.82. The highest BCUT2D eigenvalue weighted by molar-refractivity contribution is 5.59. The van der Waals surface area contributed by atoms with Crippen molar-refractivity contribution in [3.05, 3.63) is 24.3 Å². The van der Waals surface area contributed by atoms with E-state index in [0.29, 0.717) is 12.0 Å². The largest absolute Gasteiger partial charge is 0.491 e. The SMILES string of the molecule is CCNC(CN1CCCOc2ccccc21)C(C)C. The Morgan fingerprint density at radius 1 is 1.32 bits per heavy atom. The zero-order chi connectivity index (χ0) is 13.7. The van der Waals surface area contributed by atoms with Gasteiger partial charge in [-0.15, -0.1) is 0 Å². The molecule has 1 aliphatic rings. The third-order valence-electron chi connectivity index (χ3n) is 3.72. The van der Waals surface area contributed by atoms with Crippen LogP contribution in [0.15, 0.2) is 24.3 Å². The van der Waals surface area contributed by atoms with Gasteiger partial charge in [-0.1, -0.05) is 32.9 Å². The van der Waals surface area contributed by atoms with E-state index in [9.17, 15) is 0 Å². The van der Waals surface area contributed by atoms with Crippen molar-refractivity contribution in [3.63, 3.8) is 0 Å². The van der Waals surface area contributed by atoms with Gasteiger partial charge in [0.15, 0.2) is 0 Å². The van der Waals surface area contributed by atoms with Crippen molar-refractivity contribution in [2.45, 2.75) is 33.2 Å². The molecule has 0 bridgehead atoms. The Morgan fingerprint density at radius 3 is 2.84 bits per heavy atom. The predicted octanol–water partition coefficient (Wildman–Crippen LogP) is 2.91. The van der Waals surface area contributed by atoms with Crippen molar-refractivity contribution in [1.29, 1.82) is 0 Å². The lowest BCUT2D eigenvalue weighted by Crippen LogP contribution is -2.44. The summed E-state index contributed by atoms with van der Waals surface area (Å²) in [7, 11) is 0. The molecule has 0 aliphatic carbocycles. The molecule has 3 heteroatoms. The van der Waals surface area contributed by atoms with Crippen LogP contribution in [0.2, 0.25) is 0 Å². The number of nitrogens with zero attached hydrogens (tertiary/aromatic N) is 1. The second kappa shape index (κ2) is 6.80. The zero-order valence-corrected chi connectivity index (χ0v) is 12.4. The molecule has 0 aromatic heterocycles. The van der Waals surface area contributed by atoms with E-state index in [4.69, 9.17) is 4.74 Å². The first kappa shape index (κ1) is 14.2. The summed E-state index contributed by atoms with van der Waals surface area (Å²) >= 11 is 0. The molecular formula is C16H26N2O. The van der Waals surface area contributed by atoms with Crippen molar-refractivity contribution < 1.29 is 4.74 Å². The minimum absolute atomic E-state index is 0.524. The van der Waals surface area contributed by atoms with Crippen LogP contribution in [-0.2, 0) is 0 Å². The zero-order valence-electron chi connectivity index (χ0n) is 12.4. The van der Waals surface area contributed by atoms with Crippen LogP contribution >= 0.6 is 0 Å². The van der Waals surface area contributed by atoms with Crippen molar-refractivity contribution in [2.75, 3.05) is 31.1 Å². The molecule has 106 valence electrons. The first-order valence-corrected chi connectivity index (χ1v) is 7.42. The van der Waals surface area contributed by atoms with E-state index in [1.807, 2.05) is 6.07 Å². The normalized spacial score (nSPS) is 16.7. The van der Waals surface area contributed by atoms with Crippen LogP contribution in [0.4, 0.5) is 5.69 Å². The van der Waals surface area contributed by atoms with Gasteiger partial charge in [-0.2, -0.15) is 0 Å². The summed E-state index contributed by atoms with van der Waals surface area (Å²) in [6.07, 6.45) is 1.09. The second-order valence-electron chi connectivity index (χ2n) is 5.52. The summed E-state index contributed by atoms with van der Waals surface area (Å²) in [5.74, 6) is 1.66. The lowest BCUT2D eigenvalue weighted by Gasteiger charge is -2.31. The fourth-order valence-electron chi connectivity index (χ4n) is 2.60. The Morgan fingerprint density at radius 2 is 2.11 bits per heavy atom. The maximum Gasteiger partial charge on any atom is 0.142 e. The van der Waals surface area contributed by atoms with Crippen molar-refractivity contribution in [2.24, 2.45) is 5.92 Å². The molecule has 1 N–H and O–H groups in total. The molecule has 0 amide bonds. The molecule has 0 saturated heterocycles. The van der Waals surface area contributed by atoms with Gasteiger partial charge in [-0.05, 0) is 31.0 Å². The molecule has 2 rings (SSSR count). The topological polar surface area (TPSA) is 24.5 Å². The summed E-state index contributed by atoms with van der Waals surface area (Å²) in [5, 5.41) is 3.60. The van der Waals surface area contributed by atoms with Gasteiger partial charge in [-0.25, -0.2) is 0 Å². The number of para-hydroxylation sites is 2. The van der Waals surface area contributed by atoms with Crippen LogP contribution in [0.1, 0.15) is 27.2 Å². The highest BCUT2D eigenvalue weighted by Gasteiger charge is 2.21. The average Bonchev–Trinajstić information content (AvgIpc) is 2.61. The Bertz CT molecular complexity index is 392. The summed E-state index contributed by atoms with van der Waals surface area (Å²) in [6.45, 7) is 10.7. The quantitative estimate of drug-likeness (QED) is 0.883. The van der Waals surface area contributed by atoms with Gasteiger partial charge in [0.25, 0.3) is 0 Å². The minimum Gasteiger partial charge on any atom is -0.491 e. The van der Waals surface area contributed by atoms with Gasteiger partial charge in [0.2, 0.25) is 0 Å². The molecule has 0 saturated carbocycles. The molecule has 1 aromatic carbocycles. The van der Waals surface area contributed by atoms with E-state index < -0.39 is 0 Å². The van der Waals surface area contributed by atoms with Crippen molar-refractivity contribution in [3.8, 4) is 5.75 Å². The molecule has 1 atom stereocenters. The van der Waals surface area contributed by atoms with Crippen LogP contribution in [-0.4, -0.2) is 32.3 Å². The number of anilines is 1. The third kappa shape index (κ3) is 3.63. The Hall–Kier alpha value is -1.22. The van der Waals surface area contributed by atoms with Crippen LogP contribution < -0.4 is 15.0 Å². The summed E-state index contributed by atoms with van der Waals surface area (Å²) in [5.41, 5.74) is 1.24.